The molecule has 1 amide bonds. The minimum atomic E-state index is -3.56. The van der Waals surface area contributed by atoms with Crippen LogP contribution in [-0.4, -0.2) is 47.8 Å². The Balaban J connectivity index is 1.57. The Morgan fingerprint density at radius 1 is 0.943 bits per heavy atom. The Morgan fingerprint density at radius 2 is 1.66 bits per heavy atom. The predicted octanol–water partition coefficient (Wildman–Crippen LogP) is 4.74. The molecule has 35 heavy (non-hydrogen) atoms. The van der Waals surface area contributed by atoms with Gasteiger partial charge < -0.3 is 9.47 Å². The number of nitrogens with zero attached hydrogens (tertiary/aromatic N) is 4. The summed E-state index contributed by atoms with van der Waals surface area (Å²) < 4.78 is 29.2. The van der Waals surface area contributed by atoms with Crippen molar-refractivity contribution in [2.75, 3.05) is 24.5 Å². The second-order valence-electron chi connectivity index (χ2n) is 8.46. The molecule has 0 atom stereocenters. The molecular weight excluding hydrogens is 460 g/mol. The molecular formula is C27H32N4O3S. The predicted molar refractivity (Wildman–Crippen MR) is 141 cm³/mol. The molecule has 0 aliphatic heterocycles. The summed E-state index contributed by atoms with van der Waals surface area (Å²) in [5.74, 6) is 0.778. The van der Waals surface area contributed by atoms with Crippen molar-refractivity contribution in [2.24, 2.45) is 7.05 Å². The highest BCUT2D eigenvalue weighted by Crippen LogP contribution is 2.28. The molecule has 4 rings (SSSR count). The minimum Gasteiger partial charge on any atom is -0.331 e. The number of aromatic nitrogens is 2. The average Bonchev–Trinajstić information content (AvgIpc) is 3.18. The van der Waals surface area contributed by atoms with Crippen LogP contribution in [0.4, 0.5) is 5.69 Å². The number of anilines is 1. The molecule has 0 aliphatic rings. The summed E-state index contributed by atoms with van der Waals surface area (Å²) in [4.78, 5) is 20.0. The van der Waals surface area contributed by atoms with Crippen molar-refractivity contribution >= 4 is 43.4 Å². The fourth-order valence-corrected chi connectivity index (χ4v) is 6.08. The maximum atomic E-state index is 13.2. The van der Waals surface area contributed by atoms with Crippen LogP contribution in [0.1, 0.15) is 33.0 Å². The van der Waals surface area contributed by atoms with Gasteiger partial charge in [0.1, 0.15) is 5.82 Å². The zero-order valence-electron chi connectivity index (χ0n) is 20.7. The summed E-state index contributed by atoms with van der Waals surface area (Å²) in [7, 11) is -1.66. The zero-order chi connectivity index (χ0) is 25.2. The Kier molecular flexibility index (Phi) is 7.23. The number of aryl methyl sites for hydroxylation is 2. The van der Waals surface area contributed by atoms with Gasteiger partial charge in [0.25, 0.3) is 0 Å². The third kappa shape index (κ3) is 4.68. The molecule has 4 aromatic rings. The van der Waals surface area contributed by atoms with Gasteiger partial charge in [0.15, 0.2) is 0 Å². The van der Waals surface area contributed by atoms with Gasteiger partial charge in [-0.25, -0.2) is 13.4 Å². The molecule has 1 heterocycles. The molecule has 8 heteroatoms. The van der Waals surface area contributed by atoms with E-state index < -0.39 is 10.0 Å². The maximum absolute atomic E-state index is 13.2. The van der Waals surface area contributed by atoms with Crippen molar-refractivity contribution in [1.82, 2.24) is 13.9 Å². The Bertz CT molecular complexity index is 1470. The normalized spacial score (nSPS) is 12.0. The Hall–Kier alpha value is -3.23. The number of hydrogen-bond acceptors (Lipinski definition) is 4. The highest BCUT2D eigenvalue weighted by Gasteiger charge is 2.23. The number of carbonyl (C=O) groups excluding carboxylic acids is 1. The van der Waals surface area contributed by atoms with Gasteiger partial charge in [0.05, 0.1) is 21.6 Å². The van der Waals surface area contributed by atoms with Gasteiger partial charge in [-0.1, -0.05) is 50.2 Å². The highest BCUT2D eigenvalue weighted by atomic mass is 32.2. The lowest BCUT2D eigenvalue weighted by Crippen LogP contribution is -2.31. The smallest absolute Gasteiger partial charge is 0.243 e. The van der Waals surface area contributed by atoms with Gasteiger partial charge in [0.2, 0.25) is 15.9 Å². The van der Waals surface area contributed by atoms with Crippen LogP contribution in [0.15, 0.2) is 65.6 Å². The van der Waals surface area contributed by atoms with Crippen molar-refractivity contribution < 1.29 is 13.2 Å². The van der Waals surface area contributed by atoms with Crippen LogP contribution in [0.2, 0.25) is 0 Å². The van der Waals surface area contributed by atoms with Gasteiger partial charge in [-0.2, -0.15) is 4.31 Å². The van der Waals surface area contributed by atoms with E-state index in [2.05, 4.69) is 4.98 Å². The summed E-state index contributed by atoms with van der Waals surface area (Å²) in [6.07, 6.45) is 0.766. The molecule has 0 N–H and O–H groups in total. The number of fused-ring (bicyclic) bond motifs is 2. The molecule has 0 aliphatic carbocycles. The summed E-state index contributed by atoms with van der Waals surface area (Å²) in [5, 5.41) is 2.15. The number of hydrogen-bond donors (Lipinski definition) is 0. The molecule has 3 aromatic carbocycles. The second kappa shape index (κ2) is 10.2. The first-order chi connectivity index (χ1) is 16.8. The third-order valence-electron chi connectivity index (χ3n) is 6.53. The van der Waals surface area contributed by atoms with Crippen LogP contribution >= 0.6 is 0 Å². The monoisotopic (exact) mass is 492 g/mol. The van der Waals surface area contributed by atoms with Gasteiger partial charge in [0, 0.05) is 44.9 Å². The van der Waals surface area contributed by atoms with E-state index in [0.717, 1.165) is 27.8 Å². The van der Waals surface area contributed by atoms with Gasteiger partial charge in [-0.15, -0.1) is 0 Å². The van der Waals surface area contributed by atoms with Gasteiger partial charge >= 0.3 is 0 Å². The van der Waals surface area contributed by atoms with E-state index in [1.54, 1.807) is 18.2 Å². The average molecular weight is 493 g/mol. The lowest BCUT2D eigenvalue weighted by Gasteiger charge is -2.23. The van der Waals surface area contributed by atoms with Crippen molar-refractivity contribution in [3.63, 3.8) is 0 Å². The molecule has 0 saturated carbocycles. The lowest BCUT2D eigenvalue weighted by atomic mass is 10.1. The minimum absolute atomic E-state index is 0.0284. The molecule has 184 valence electrons. The molecule has 0 saturated heterocycles. The number of imidazole rings is 1. The fraction of sp³-hybridized carbons (Fsp3) is 0.333. The van der Waals surface area contributed by atoms with Crippen LogP contribution in [-0.2, 0) is 28.3 Å². The summed E-state index contributed by atoms with van der Waals surface area (Å²) in [6.45, 7) is 7.03. The molecule has 0 bridgehead atoms. The molecule has 1 aromatic heterocycles. The first-order valence-corrected chi connectivity index (χ1v) is 13.5. The van der Waals surface area contributed by atoms with Crippen LogP contribution < -0.4 is 4.90 Å². The topological polar surface area (TPSA) is 75.5 Å². The molecule has 0 radical (unpaired) electrons. The first-order valence-electron chi connectivity index (χ1n) is 12.0. The highest BCUT2D eigenvalue weighted by molar-refractivity contribution is 7.89. The summed E-state index contributed by atoms with van der Waals surface area (Å²) in [5.41, 5.74) is 2.36. The molecule has 7 nitrogen and oxygen atoms in total. The van der Waals surface area contributed by atoms with Gasteiger partial charge in [-0.05, 0) is 36.6 Å². The van der Waals surface area contributed by atoms with Crippen LogP contribution in [0.3, 0.4) is 0 Å². The van der Waals surface area contributed by atoms with Crippen molar-refractivity contribution in [3.05, 3.63) is 66.5 Å². The van der Waals surface area contributed by atoms with E-state index in [0.29, 0.717) is 38.0 Å². The zero-order valence-corrected chi connectivity index (χ0v) is 21.5. The van der Waals surface area contributed by atoms with E-state index in [1.807, 2.05) is 79.8 Å². The van der Waals surface area contributed by atoms with Gasteiger partial charge in [-0.3, -0.25) is 4.79 Å². The number of carbonyl (C=O) groups is 1. The maximum Gasteiger partial charge on any atom is 0.243 e. The van der Waals surface area contributed by atoms with Crippen molar-refractivity contribution in [2.45, 2.75) is 38.5 Å². The molecule has 0 unspecified atom stereocenters. The van der Waals surface area contributed by atoms with Crippen LogP contribution in [0.5, 0.6) is 0 Å². The first kappa shape index (κ1) is 24.9. The summed E-state index contributed by atoms with van der Waals surface area (Å²) in [6, 6.07) is 19.1. The van der Waals surface area contributed by atoms with E-state index in [9.17, 15) is 13.2 Å². The Labute approximate surface area is 207 Å². The van der Waals surface area contributed by atoms with E-state index >= 15 is 0 Å². The quantitative estimate of drug-likeness (QED) is 0.338. The van der Waals surface area contributed by atoms with Crippen LogP contribution in [0.25, 0.3) is 21.8 Å². The number of benzene rings is 3. The van der Waals surface area contributed by atoms with E-state index in [4.69, 9.17) is 0 Å². The van der Waals surface area contributed by atoms with Crippen LogP contribution in [0, 0.1) is 0 Å². The lowest BCUT2D eigenvalue weighted by molar-refractivity contribution is -0.118. The standard InChI is InChI=1S/C27H32N4O3S/c1-5-30(6-2)35(33,34)21-15-16-25-23(19-21)28-26(29(25)4)17-18-27(32)31(7-3)24-14-10-12-20-11-8-9-13-22(20)24/h8-16,19H,5-7,17-18H2,1-4H3. The molecule has 0 fully saturated rings. The largest absolute Gasteiger partial charge is 0.331 e. The summed E-state index contributed by atoms with van der Waals surface area (Å²) >= 11 is 0. The van der Waals surface area contributed by atoms with Crippen molar-refractivity contribution in [1.29, 1.82) is 0 Å². The number of rotatable bonds is 9. The second-order valence-corrected chi connectivity index (χ2v) is 10.4. The fourth-order valence-electron chi connectivity index (χ4n) is 4.60. The third-order valence-corrected chi connectivity index (χ3v) is 8.57. The van der Waals surface area contributed by atoms with E-state index in [1.165, 1.54) is 4.31 Å². The van der Waals surface area contributed by atoms with E-state index in [-0.39, 0.29) is 10.8 Å². The number of amides is 1. The molecule has 0 spiro atoms. The SMILES string of the molecule is CCN(C(=O)CCc1nc2cc(S(=O)(=O)N(CC)CC)ccc2n1C)c1cccc2ccccc12. The Morgan fingerprint density at radius 3 is 2.37 bits per heavy atom. The van der Waals surface area contributed by atoms with Crippen molar-refractivity contribution in [3.8, 4) is 0 Å². The number of sulfonamides is 1.